The zero-order chi connectivity index (χ0) is 21.1. The molecule has 0 spiro atoms. The van der Waals surface area contributed by atoms with E-state index in [1.165, 1.54) is 0 Å². The number of aromatic nitrogens is 4. The van der Waals surface area contributed by atoms with Crippen molar-refractivity contribution in [2.45, 2.75) is 40.0 Å². The molecule has 1 aromatic carbocycles. The lowest BCUT2D eigenvalue weighted by Crippen LogP contribution is -2.33. The van der Waals surface area contributed by atoms with Crippen LogP contribution in [0, 0.1) is 12.8 Å². The molecule has 1 aliphatic rings. The minimum Gasteiger partial charge on any atom is -0.420 e. The lowest BCUT2D eigenvalue weighted by Gasteiger charge is -2.23. The summed E-state index contributed by atoms with van der Waals surface area (Å²) in [5.41, 5.74) is 3.23. The van der Waals surface area contributed by atoms with Gasteiger partial charge in [-0.05, 0) is 49.4 Å². The standard InChI is InChI=1S/C23H27N5O2/c1-16(2)10-11-20-15-21(22-25-24-17(3)30-22)26-28(20)19-9-7-8-18(14-19)23(29)27-12-5-4-6-13-27/h4-5,7-9,14-16H,6,10-13H2,1-3H3. The second kappa shape index (κ2) is 8.65. The Labute approximate surface area is 176 Å². The van der Waals surface area contributed by atoms with Gasteiger partial charge < -0.3 is 9.32 Å². The Balaban J connectivity index is 1.68. The maximum absolute atomic E-state index is 12.9. The van der Waals surface area contributed by atoms with Crippen molar-refractivity contribution in [2.75, 3.05) is 13.1 Å². The van der Waals surface area contributed by atoms with Crippen LogP contribution in [-0.4, -0.2) is 43.9 Å². The van der Waals surface area contributed by atoms with Crippen LogP contribution in [0.4, 0.5) is 0 Å². The highest BCUT2D eigenvalue weighted by Crippen LogP contribution is 2.23. The van der Waals surface area contributed by atoms with Crippen LogP contribution in [0.2, 0.25) is 0 Å². The van der Waals surface area contributed by atoms with E-state index in [2.05, 4.69) is 30.1 Å². The van der Waals surface area contributed by atoms with Gasteiger partial charge in [-0.1, -0.05) is 32.1 Å². The molecule has 4 rings (SSSR count). The van der Waals surface area contributed by atoms with Crippen molar-refractivity contribution in [3.05, 3.63) is 59.6 Å². The van der Waals surface area contributed by atoms with E-state index in [0.29, 0.717) is 35.5 Å². The van der Waals surface area contributed by atoms with Crippen LogP contribution < -0.4 is 0 Å². The predicted octanol–water partition coefficient (Wildman–Crippen LogP) is 4.22. The van der Waals surface area contributed by atoms with Gasteiger partial charge in [0.2, 0.25) is 5.89 Å². The average Bonchev–Trinajstić information content (AvgIpc) is 3.38. The Morgan fingerprint density at radius 1 is 1.20 bits per heavy atom. The van der Waals surface area contributed by atoms with Gasteiger partial charge in [0.15, 0.2) is 0 Å². The van der Waals surface area contributed by atoms with E-state index in [-0.39, 0.29) is 5.91 Å². The number of rotatable bonds is 6. The maximum Gasteiger partial charge on any atom is 0.268 e. The van der Waals surface area contributed by atoms with Crippen molar-refractivity contribution in [3.8, 4) is 17.3 Å². The molecule has 156 valence electrons. The third kappa shape index (κ3) is 4.35. The summed E-state index contributed by atoms with van der Waals surface area (Å²) in [6.45, 7) is 7.58. The first-order valence-corrected chi connectivity index (χ1v) is 10.5. The highest BCUT2D eigenvalue weighted by molar-refractivity contribution is 5.95. The maximum atomic E-state index is 12.9. The number of carbonyl (C=O) groups is 1. The van der Waals surface area contributed by atoms with Crippen LogP contribution in [0.3, 0.4) is 0 Å². The molecule has 0 aliphatic carbocycles. The van der Waals surface area contributed by atoms with E-state index < -0.39 is 0 Å². The molecule has 2 aromatic heterocycles. The van der Waals surface area contributed by atoms with Crippen LogP contribution >= 0.6 is 0 Å². The highest BCUT2D eigenvalue weighted by atomic mass is 16.4. The summed E-state index contributed by atoms with van der Waals surface area (Å²) < 4.78 is 7.47. The van der Waals surface area contributed by atoms with Gasteiger partial charge in [-0.3, -0.25) is 4.79 Å². The fourth-order valence-corrected chi connectivity index (χ4v) is 3.54. The normalized spacial score (nSPS) is 13.9. The third-order valence-electron chi connectivity index (χ3n) is 5.19. The van der Waals surface area contributed by atoms with Gasteiger partial charge in [0.1, 0.15) is 5.69 Å². The number of nitrogens with zero attached hydrogens (tertiary/aromatic N) is 5. The zero-order valence-electron chi connectivity index (χ0n) is 17.7. The van der Waals surface area contributed by atoms with E-state index >= 15 is 0 Å². The molecular weight excluding hydrogens is 378 g/mol. The number of hydrogen-bond donors (Lipinski definition) is 0. The number of benzene rings is 1. The topological polar surface area (TPSA) is 77.1 Å². The van der Waals surface area contributed by atoms with Crippen molar-refractivity contribution in [1.29, 1.82) is 0 Å². The summed E-state index contributed by atoms with van der Waals surface area (Å²) >= 11 is 0. The van der Waals surface area contributed by atoms with Gasteiger partial charge in [-0.25, -0.2) is 4.68 Å². The Hall–Kier alpha value is -3.22. The predicted molar refractivity (Wildman–Crippen MR) is 114 cm³/mol. The molecule has 0 saturated heterocycles. The Morgan fingerprint density at radius 2 is 2.07 bits per heavy atom. The quantitative estimate of drug-likeness (QED) is 0.574. The summed E-state index contributed by atoms with van der Waals surface area (Å²) in [5.74, 6) is 1.53. The molecule has 0 fully saturated rings. The molecule has 0 saturated carbocycles. The van der Waals surface area contributed by atoms with Crippen molar-refractivity contribution >= 4 is 5.91 Å². The number of amides is 1. The number of carbonyl (C=O) groups excluding carboxylic acids is 1. The van der Waals surface area contributed by atoms with Gasteiger partial charge in [0, 0.05) is 31.3 Å². The lowest BCUT2D eigenvalue weighted by atomic mass is 10.1. The molecule has 1 aliphatic heterocycles. The van der Waals surface area contributed by atoms with E-state index in [4.69, 9.17) is 9.52 Å². The van der Waals surface area contributed by atoms with Crippen LogP contribution in [0.1, 0.15) is 48.6 Å². The minimum absolute atomic E-state index is 0.0461. The van der Waals surface area contributed by atoms with Crippen LogP contribution in [0.15, 0.2) is 46.9 Å². The molecule has 3 heterocycles. The molecule has 0 atom stereocenters. The van der Waals surface area contributed by atoms with Crippen molar-refractivity contribution in [3.63, 3.8) is 0 Å². The third-order valence-corrected chi connectivity index (χ3v) is 5.19. The Kier molecular flexibility index (Phi) is 5.79. The second-order valence-electron chi connectivity index (χ2n) is 8.05. The minimum atomic E-state index is 0.0461. The van der Waals surface area contributed by atoms with Crippen LogP contribution in [0.5, 0.6) is 0 Å². The fourth-order valence-electron chi connectivity index (χ4n) is 3.54. The molecule has 3 aromatic rings. The average molecular weight is 406 g/mol. The molecule has 7 heteroatoms. The first-order chi connectivity index (χ1) is 14.5. The van der Waals surface area contributed by atoms with Gasteiger partial charge in [-0.2, -0.15) is 5.10 Å². The molecular formula is C23H27N5O2. The first-order valence-electron chi connectivity index (χ1n) is 10.5. The number of aryl methyl sites for hydroxylation is 2. The van der Waals surface area contributed by atoms with Gasteiger partial charge in [0.05, 0.1) is 5.69 Å². The molecule has 1 amide bonds. The molecule has 0 bridgehead atoms. The summed E-state index contributed by atoms with van der Waals surface area (Å²) in [7, 11) is 0. The molecule has 0 N–H and O–H groups in total. The zero-order valence-corrected chi connectivity index (χ0v) is 17.7. The summed E-state index contributed by atoms with van der Waals surface area (Å²) in [6.07, 6.45) is 6.96. The summed E-state index contributed by atoms with van der Waals surface area (Å²) in [5, 5.41) is 12.8. The van der Waals surface area contributed by atoms with Gasteiger partial charge in [0.25, 0.3) is 11.8 Å². The largest absolute Gasteiger partial charge is 0.420 e. The van der Waals surface area contributed by atoms with Crippen LogP contribution in [0.25, 0.3) is 17.3 Å². The Bertz CT molecular complexity index is 1060. The van der Waals surface area contributed by atoms with Crippen molar-refractivity contribution in [1.82, 2.24) is 24.9 Å². The van der Waals surface area contributed by atoms with E-state index in [0.717, 1.165) is 37.2 Å². The molecule has 7 nitrogen and oxygen atoms in total. The number of hydrogen-bond acceptors (Lipinski definition) is 5. The molecule has 0 radical (unpaired) electrons. The smallest absolute Gasteiger partial charge is 0.268 e. The van der Waals surface area contributed by atoms with E-state index in [9.17, 15) is 4.79 Å². The lowest BCUT2D eigenvalue weighted by molar-refractivity contribution is 0.0771. The highest BCUT2D eigenvalue weighted by Gasteiger charge is 2.19. The first kappa shape index (κ1) is 20.1. The van der Waals surface area contributed by atoms with Crippen molar-refractivity contribution in [2.24, 2.45) is 5.92 Å². The molecule has 0 unspecified atom stereocenters. The summed E-state index contributed by atoms with van der Waals surface area (Å²) in [6, 6.07) is 9.66. The van der Waals surface area contributed by atoms with Gasteiger partial charge >= 0.3 is 0 Å². The Morgan fingerprint density at radius 3 is 2.77 bits per heavy atom. The molecule has 30 heavy (non-hydrogen) atoms. The van der Waals surface area contributed by atoms with Crippen molar-refractivity contribution < 1.29 is 9.21 Å². The van der Waals surface area contributed by atoms with E-state index in [1.54, 1.807) is 6.92 Å². The van der Waals surface area contributed by atoms with E-state index in [1.807, 2.05) is 46.0 Å². The SMILES string of the molecule is Cc1nnc(-c2cc(CCC(C)C)n(-c3cccc(C(=O)N4CC=CCC4)c3)n2)o1. The van der Waals surface area contributed by atoms with Gasteiger partial charge in [-0.15, -0.1) is 10.2 Å². The second-order valence-corrected chi connectivity index (χ2v) is 8.05. The fraction of sp³-hybridized carbons (Fsp3) is 0.391. The van der Waals surface area contributed by atoms with Crippen LogP contribution in [-0.2, 0) is 6.42 Å². The monoisotopic (exact) mass is 405 g/mol. The summed E-state index contributed by atoms with van der Waals surface area (Å²) in [4.78, 5) is 14.8.